The number of anilines is 1. The van der Waals surface area contributed by atoms with Crippen molar-refractivity contribution in [2.45, 2.75) is 12.6 Å². The van der Waals surface area contributed by atoms with Crippen LogP contribution in [0.1, 0.15) is 6.42 Å². The summed E-state index contributed by atoms with van der Waals surface area (Å²) >= 11 is 5.89. The highest BCUT2D eigenvalue weighted by atomic mass is 35.5. The Kier molecular flexibility index (Phi) is 7.58. The molecule has 0 bridgehead atoms. The van der Waals surface area contributed by atoms with Crippen LogP contribution in [0.25, 0.3) is 0 Å². The number of carbonyl (C=O) groups excluding carboxylic acids is 1. The number of guanidine groups is 1. The van der Waals surface area contributed by atoms with Gasteiger partial charge in [-0.05, 0) is 24.3 Å². The second kappa shape index (κ2) is 9.68. The molecule has 0 unspecified atom stereocenters. The first-order valence-electron chi connectivity index (χ1n) is 8.58. The number of alkyl halides is 3. The van der Waals surface area contributed by atoms with Crippen molar-refractivity contribution in [2.75, 3.05) is 51.2 Å². The molecule has 1 saturated heterocycles. The number of benzene rings is 1. The van der Waals surface area contributed by atoms with Crippen LogP contribution in [-0.2, 0) is 4.79 Å². The fraction of sp³-hybridized carbons (Fsp3) is 0.529. The van der Waals surface area contributed by atoms with E-state index in [-0.39, 0.29) is 25.0 Å². The molecule has 1 aromatic carbocycles. The van der Waals surface area contributed by atoms with Crippen LogP contribution in [0.4, 0.5) is 18.9 Å². The molecule has 6 nitrogen and oxygen atoms in total. The van der Waals surface area contributed by atoms with E-state index in [4.69, 9.17) is 11.6 Å². The van der Waals surface area contributed by atoms with Crippen molar-refractivity contribution >= 4 is 29.2 Å². The van der Waals surface area contributed by atoms with Crippen LogP contribution in [0, 0.1) is 0 Å². The van der Waals surface area contributed by atoms with Crippen LogP contribution in [0.3, 0.4) is 0 Å². The Morgan fingerprint density at radius 1 is 1.15 bits per heavy atom. The molecule has 1 aliphatic heterocycles. The van der Waals surface area contributed by atoms with Crippen LogP contribution in [0.15, 0.2) is 29.3 Å². The van der Waals surface area contributed by atoms with Crippen molar-refractivity contribution in [2.24, 2.45) is 4.99 Å². The van der Waals surface area contributed by atoms with E-state index in [2.05, 4.69) is 20.5 Å². The molecule has 27 heavy (non-hydrogen) atoms. The minimum atomic E-state index is -4.23. The first kappa shape index (κ1) is 21.1. The second-order valence-corrected chi connectivity index (χ2v) is 6.50. The molecule has 0 atom stereocenters. The number of aliphatic imine (C=N–C) groups is 1. The predicted octanol–water partition coefficient (Wildman–Crippen LogP) is 2.11. The number of hydrogen-bond acceptors (Lipinski definition) is 3. The summed E-state index contributed by atoms with van der Waals surface area (Å²) in [4.78, 5) is 20.0. The van der Waals surface area contributed by atoms with Gasteiger partial charge in [0.1, 0.15) is 0 Å². The van der Waals surface area contributed by atoms with Crippen LogP contribution < -0.4 is 15.5 Å². The van der Waals surface area contributed by atoms with Crippen LogP contribution in [0.5, 0.6) is 0 Å². The van der Waals surface area contributed by atoms with E-state index in [1.165, 1.54) is 7.05 Å². The molecule has 1 heterocycles. The SMILES string of the molecule is CN=C(NCCC(F)(F)F)NCC(=O)N1CCN(c2ccc(Cl)cc2)CC1. The maximum absolute atomic E-state index is 12.3. The first-order valence-corrected chi connectivity index (χ1v) is 8.96. The van der Waals surface area contributed by atoms with E-state index in [0.717, 1.165) is 5.69 Å². The molecule has 2 N–H and O–H groups in total. The van der Waals surface area contributed by atoms with Crippen molar-refractivity contribution < 1.29 is 18.0 Å². The normalized spacial score (nSPS) is 15.7. The third-order valence-corrected chi connectivity index (χ3v) is 4.41. The Morgan fingerprint density at radius 3 is 2.33 bits per heavy atom. The zero-order valence-electron chi connectivity index (χ0n) is 15.0. The number of nitrogens with zero attached hydrogens (tertiary/aromatic N) is 3. The molecular formula is C17H23ClF3N5O. The van der Waals surface area contributed by atoms with Crippen molar-refractivity contribution in [3.05, 3.63) is 29.3 Å². The number of nitrogens with one attached hydrogen (secondary N) is 2. The van der Waals surface area contributed by atoms with Gasteiger partial charge in [-0.15, -0.1) is 0 Å². The maximum Gasteiger partial charge on any atom is 0.390 e. The van der Waals surface area contributed by atoms with E-state index < -0.39 is 12.6 Å². The molecule has 0 saturated carbocycles. The third kappa shape index (κ3) is 7.16. The molecule has 1 fully saturated rings. The van der Waals surface area contributed by atoms with Crippen LogP contribution in [-0.4, -0.2) is 69.3 Å². The monoisotopic (exact) mass is 405 g/mol. The fourth-order valence-electron chi connectivity index (χ4n) is 2.68. The number of amides is 1. The molecular weight excluding hydrogens is 383 g/mol. The van der Waals surface area contributed by atoms with E-state index in [1.807, 2.05) is 24.3 Å². The van der Waals surface area contributed by atoms with Gasteiger partial charge in [0.15, 0.2) is 5.96 Å². The number of halogens is 4. The van der Waals surface area contributed by atoms with Crippen molar-refractivity contribution in [1.82, 2.24) is 15.5 Å². The summed E-state index contributed by atoms with van der Waals surface area (Å²) in [5.74, 6) is 0.0527. The second-order valence-electron chi connectivity index (χ2n) is 6.06. The average molecular weight is 406 g/mol. The smallest absolute Gasteiger partial charge is 0.368 e. The minimum absolute atomic E-state index is 0.0212. The Bertz CT molecular complexity index is 643. The fourth-order valence-corrected chi connectivity index (χ4v) is 2.81. The Morgan fingerprint density at radius 2 is 1.78 bits per heavy atom. The molecule has 0 radical (unpaired) electrons. The lowest BCUT2D eigenvalue weighted by Gasteiger charge is -2.36. The Hall–Kier alpha value is -2.16. The van der Waals surface area contributed by atoms with Gasteiger partial charge >= 0.3 is 6.18 Å². The summed E-state index contributed by atoms with van der Waals surface area (Å²) in [6.07, 6.45) is -5.19. The Balaban J connectivity index is 1.73. The van der Waals surface area contributed by atoms with Gasteiger partial charge in [-0.1, -0.05) is 11.6 Å². The number of carbonyl (C=O) groups is 1. The summed E-state index contributed by atoms with van der Waals surface area (Å²) in [7, 11) is 1.44. The topological polar surface area (TPSA) is 60.0 Å². The highest BCUT2D eigenvalue weighted by molar-refractivity contribution is 6.30. The van der Waals surface area contributed by atoms with Crippen LogP contribution in [0.2, 0.25) is 5.02 Å². The first-order chi connectivity index (χ1) is 12.8. The lowest BCUT2D eigenvalue weighted by atomic mass is 10.2. The van der Waals surface area contributed by atoms with E-state index in [1.54, 1.807) is 4.90 Å². The highest BCUT2D eigenvalue weighted by Crippen LogP contribution is 2.19. The summed E-state index contributed by atoms with van der Waals surface area (Å²) in [5, 5.41) is 5.98. The van der Waals surface area contributed by atoms with Gasteiger partial charge in [-0.3, -0.25) is 9.79 Å². The quantitative estimate of drug-likeness (QED) is 0.582. The lowest BCUT2D eigenvalue weighted by molar-refractivity contribution is -0.133. The predicted molar refractivity (Wildman–Crippen MR) is 100 cm³/mol. The lowest BCUT2D eigenvalue weighted by Crippen LogP contribution is -2.52. The van der Waals surface area contributed by atoms with E-state index in [9.17, 15) is 18.0 Å². The van der Waals surface area contributed by atoms with Crippen molar-refractivity contribution in [1.29, 1.82) is 0 Å². The largest absolute Gasteiger partial charge is 0.390 e. The highest BCUT2D eigenvalue weighted by Gasteiger charge is 2.26. The van der Waals surface area contributed by atoms with Gasteiger partial charge in [0.25, 0.3) is 0 Å². The zero-order valence-corrected chi connectivity index (χ0v) is 15.8. The molecule has 2 rings (SSSR count). The van der Waals surface area contributed by atoms with Crippen LogP contribution >= 0.6 is 11.6 Å². The number of hydrogen-bond donors (Lipinski definition) is 2. The third-order valence-electron chi connectivity index (χ3n) is 4.16. The van der Waals surface area contributed by atoms with Crippen molar-refractivity contribution in [3.63, 3.8) is 0 Å². The van der Waals surface area contributed by atoms with Gasteiger partial charge in [0.05, 0.1) is 13.0 Å². The van der Waals surface area contributed by atoms with Gasteiger partial charge in [-0.25, -0.2) is 0 Å². The zero-order chi connectivity index (χ0) is 19.9. The van der Waals surface area contributed by atoms with Crippen molar-refractivity contribution in [3.8, 4) is 0 Å². The maximum atomic E-state index is 12.3. The molecule has 0 spiro atoms. The molecule has 1 aromatic rings. The summed E-state index contributed by atoms with van der Waals surface area (Å²) in [6.45, 7) is 2.23. The minimum Gasteiger partial charge on any atom is -0.368 e. The molecule has 0 aromatic heterocycles. The Labute approximate surface area is 161 Å². The van der Waals surface area contributed by atoms with E-state index >= 15 is 0 Å². The average Bonchev–Trinajstić information content (AvgIpc) is 2.64. The van der Waals surface area contributed by atoms with Gasteiger partial charge < -0.3 is 20.4 Å². The van der Waals surface area contributed by atoms with Gasteiger partial charge in [-0.2, -0.15) is 13.2 Å². The summed E-state index contributed by atoms with van der Waals surface area (Å²) in [6, 6.07) is 7.54. The van der Waals surface area contributed by atoms with Gasteiger partial charge in [0, 0.05) is 50.5 Å². The van der Waals surface area contributed by atoms with Gasteiger partial charge in [0.2, 0.25) is 5.91 Å². The molecule has 150 valence electrons. The number of rotatable bonds is 5. The summed E-state index contributed by atoms with van der Waals surface area (Å²) < 4.78 is 36.5. The molecule has 0 aliphatic carbocycles. The summed E-state index contributed by atoms with van der Waals surface area (Å²) in [5.41, 5.74) is 1.05. The number of piperazine rings is 1. The standard InChI is InChI=1S/C17H23ClF3N5O/c1-22-16(23-7-6-17(19,20)21)24-12-15(27)26-10-8-25(9-11-26)14-4-2-13(18)3-5-14/h2-5H,6-12H2,1H3,(H2,22,23,24). The molecule has 1 aliphatic rings. The molecule has 1 amide bonds. The molecule has 10 heteroatoms. The van der Waals surface area contributed by atoms with E-state index in [0.29, 0.717) is 31.2 Å².